The summed E-state index contributed by atoms with van der Waals surface area (Å²) < 4.78 is 16.4. The molecule has 2 aromatic rings. The fraction of sp³-hybridized carbons (Fsp3) is 0.409. The smallest absolute Gasteiger partial charge is 0.323 e. The van der Waals surface area contributed by atoms with Crippen LogP contribution in [-0.2, 0) is 21.4 Å². The van der Waals surface area contributed by atoms with Gasteiger partial charge in [-0.15, -0.1) is 0 Å². The van der Waals surface area contributed by atoms with E-state index in [2.05, 4.69) is 0 Å². The molecule has 0 heterocycles. The number of rotatable bonds is 5. The number of carbonyl (C=O) groups excluding carboxylic acids is 1. The van der Waals surface area contributed by atoms with Crippen molar-refractivity contribution in [2.75, 3.05) is 21.3 Å². The van der Waals surface area contributed by atoms with E-state index in [1.807, 2.05) is 36.4 Å². The van der Waals surface area contributed by atoms with Crippen LogP contribution in [0.15, 0.2) is 42.5 Å². The van der Waals surface area contributed by atoms with Crippen LogP contribution in [0.4, 0.5) is 0 Å². The summed E-state index contributed by atoms with van der Waals surface area (Å²) in [5.41, 5.74) is -0.359. The van der Waals surface area contributed by atoms with Crippen molar-refractivity contribution in [1.29, 1.82) is 0 Å². The maximum atomic E-state index is 13.4. The number of ether oxygens (including phenoxy) is 3. The Morgan fingerprint density at radius 3 is 2.33 bits per heavy atom. The Labute approximate surface area is 158 Å². The number of benzene rings is 2. The van der Waals surface area contributed by atoms with Crippen LogP contribution in [0.2, 0.25) is 0 Å². The van der Waals surface area contributed by atoms with Crippen LogP contribution in [0.1, 0.15) is 29.5 Å². The van der Waals surface area contributed by atoms with E-state index >= 15 is 0 Å². The molecule has 0 bridgehead atoms. The predicted molar refractivity (Wildman–Crippen MR) is 100 cm³/mol. The summed E-state index contributed by atoms with van der Waals surface area (Å²) in [6.45, 7) is 0. The molecule has 2 aromatic carbocycles. The van der Waals surface area contributed by atoms with Crippen LogP contribution in [0.25, 0.3) is 0 Å². The molecule has 0 saturated heterocycles. The van der Waals surface area contributed by atoms with Gasteiger partial charge in [0.15, 0.2) is 5.41 Å². The van der Waals surface area contributed by atoms with Gasteiger partial charge in [-0.1, -0.05) is 30.3 Å². The number of esters is 1. The maximum absolute atomic E-state index is 13.4. The fourth-order valence-electron chi connectivity index (χ4n) is 4.77. The Bertz CT molecular complexity index is 874. The van der Waals surface area contributed by atoms with Gasteiger partial charge >= 0.3 is 5.97 Å². The zero-order chi connectivity index (χ0) is 19.2. The molecular formula is C22H24O5. The lowest BCUT2D eigenvalue weighted by atomic mass is 9.64. The van der Waals surface area contributed by atoms with Gasteiger partial charge in [-0.3, -0.25) is 4.79 Å². The van der Waals surface area contributed by atoms with Gasteiger partial charge in [-0.2, -0.15) is 0 Å². The lowest BCUT2D eigenvalue weighted by molar-refractivity contribution is -0.157. The Balaban J connectivity index is 2.10. The van der Waals surface area contributed by atoms with Crippen LogP contribution in [0.5, 0.6) is 11.5 Å². The SMILES string of the molecule is COC(=O)[C@]1(c2ccccc2)c2c(cc(OC)cc2OC)C[C@@]1(O)C1CC1. The van der Waals surface area contributed by atoms with Gasteiger partial charge in [-0.05, 0) is 36.0 Å². The van der Waals surface area contributed by atoms with E-state index < -0.39 is 17.0 Å². The minimum atomic E-state index is -1.34. The summed E-state index contributed by atoms with van der Waals surface area (Å²) in [7, 11) is 4.53. The second-order valence-corrected chi connectivity index (χ2v) is 7.35. The highest BCUT2D eigenvalue weighted by Gasteiger charge is 2.69. The van der Waals surface area contributed by atoms with Crippen molar-refractivity contribution in [2.45, 2.75) is 30.3 Å². The molecule has 2 aliphatic carbocycles. The molecule has 0 unspecified atom stereocenters. The van der Waals surface area contributed by atoms with Crippen molar-refractivity contribution in [3.05, 3.63) is 59.2 Å². The topological polar surface area (TPSA) is 65.0 Å². The minimum absolute atomic E-state index is 0.0277. The van der Waals surface area contributed by atoms with Gasteiger partial charge < -0.3 is 19.3 Å². The number of fused-ring (bicyclic) bond motifs is 1. The van der Waals surface area contributed by atoms with Crippen LogP contribution < -0.4 is 9.47 Å². The summed E-state index contributed by atoms with van der Waals surface area (Å²) >= 11 is 0. The highest BCUT2D eigenvalue weighted by Crippen LogP contribution is 2.62. The van der Waals surface area contributed by atoms with E-state index in [1.165, 1.54) is 7.11 Å². The van der Waals surface area contributed by atoms with E-state index in [9.17, 15) is 9.90 Å². The normalized spacial score (nSPS) is 26.4. The van der Waals surface area contributed by atoms with E-state index in [4.69, 9.17) is 14.2 Å². The van der Waals surface area contributed by atoms with Crippen LogP contribution in [0.3, 0.4) is 0 Å². The summed E-state index contributed by atoms with van der Waals surface area (Å²) in [5.74, 6) is 0.720. The number of carbonyl (C=O) groups is 1. The number of hydrogen-bond donors (Lipinski definition) is 1. The lowest BCUT2D eigenvalue weighted by Gasteiger charge is -2.41. The van der Waals surface area contributed by atoms with Gasteiger partial charge in [0.2, 0.25) is 0 Å². The van der Waals surface area contributed by atoms with Crippen molar-refractivity contribution < 1.29 is 24.1 Å². The Morgan fingerprint density at radius 2 is 1.78 bits per heavy atom. The first-order valence-corrected chi connectivity index (χ1v) is 9.14. The largest absolute Gasteiger partial charge is 0.497 e. The molecular weight excluding hydrogens is 344 g/mol. The second-order valence-electron chi connectivity index (χ2n) is 7.35. The third-order valence-electron chi connectivity index (χ3n) is 6.05. The van der Waals surface area contributed by atoms with Gasteiger partial charge in [0.25, 0.3) is 0 Å². The first-order valence-electron chi connectivity index (χ1n) is 9.14. The fourth-order valence-corrected chi connectivity index (χ4v) is 4.77. The highest BCUT2D eigenvalue weighted by molar-refractivity contribution is 5.93. The summed E-state index contributed by atoms with van der Waals surface area (Å²) in [6, 6.07) is 13.1. The van der Waals surface area contributed by atoms with Crippen molar-refractivity contribution >= 4 is 5.97 Å². The van der Waals surface area contributed by atoms with Crippen molar-refractivity contribution in [1.82, 2.24) is 0 Å². The van der Waals surface area contributed by atoms with Crippen LogP contribution in [0, 0.1) is 5.92 Å². The van der Waals surface area contributed by atoms with Gasteiger partial charge in [0.05, 0.1) is 26.9 Å². The second kappa shape index (κ2) is 6.27. The van der Waals surface area contributed by atoms with Gasteiger partial charge in [0.1, 0.15) is 11.5 Å². The molecule has 1 fully saturated rings. The lowest BCUT2D eigenvalue weighted by Crippen LogP contribution is -2.57. The molecule has 0 aliphatic heterocycles. The van der Waals surface area contributed by atoms with E-state index in [0.29, 0.717) is 29.0 Å². The Hall–Kier alpha value is -2.53. The summed E-state index contributed by atoms with van der Waals surface area (Å²) in [4.78, 5) is 13.4. The minimum Gasteiger partial charge on any atom is -0.497 e. The summed E-state index contributed by atoms with van der Waals surface area (Å²) in [5, 5.41) is 12.0. The molecule has 0 aromatic heterocycles. The first kappa shape index (κ1) is 17.9. The quantitative estimate of drug-likeness (QED) is 0.822. The summed E-state index contributed by atoms with van der Waals surface area (Å²) in [6.07, 6.45) is 2.12. The molecule has 4 rings (SSSR count). The average molecular weight is 368 g/mol. The van der Waals surface area contributed by atoms with E-state index in [-0.39, 0.29) is 5.92 Å². The monoisotopic (exact) mass is 368 g/mol. The zero-order valence-electron chi connectivity index (χ0n) is 15.8. The predicted octanol–water partition coefficient (Wildman–Crippen LogP) is 2.86. The molecule has 1 N–H and O–H groups in total. The molecule has 0 radical (unpaired) electrons. The van der Waals surface area contributed by atoms with Crippen molar-refractivity contribution in [2.24, 2.45) is 5.92 Å². The highest BCUT2D eigenvalue weighted by atomic mass is 16.5. The van der Waals surface area contributed by atoms with Crippen LogP contribution >= 0.6 is 0 Å². The van der Waals surface area contributed by atoms with Crippen molar-refractivity contribution in [3.63, 3.8) is 0 Å². The van der Waals surface area contributed by atoms with Crippen molar-refractivity contribution in [3.8, 4) is 11.5 Å². The number of aliphatic hydroxyl groups is 1. The molecule has 1 saturated carbocycles. The molecule has 2 atom stereocenters. The molecule has 5 nitrogen and oxygen atoms in total. The number of hydrogen-bond acceptors (Lipinski definition) is 5. The van der Waals surface area contributed by atoms with Crippen LogP contribution in [-0.4, -0.2) is 38.0 Å². The third-order valence-corrected chi connectivity index (χ3v) is 6.05. The standard InChI is InChI=1S/C22H24O5/c1-25-17-11-14-13-21(24,15-9-10-15)22(20(23)27-3,16-7-5-4-6-8-16)19(14)18(12-17)26-2/h4-8,11-12,15,24H,9-10,13H2,1-3H3/t21-,22+/m1/s1. The average Bonchev–Trinajstić information content (AvgIpc) is 3.52. The molecule has 142 valence electrons. The molecule has 2 aliphatic rings. The van der Waals surface area contributed by atoms with Gasteiger partial charge in [-0.25, -0.2) is 0 Å². The van der Waals surface area contributed by atoms with Gasteiger partial charge in [0, 0.05) is 18.1 Å². The molecule has 0 amide bonds. The Morgan fingerprint density at radius 1 is 1.07 bits per heavy atom. The first-order chi connectivity index (χ1) is 13.0. The van der Waals surface area contributed by atoms with E-state index in [1.54, 1.807) is 20.3 Å². The third kappa shape index (κ3) is 2.31. The Kier molecular flexibility index (Phi) is 4.15. The molecule has 0 spiro atoms. The van der Waals surface area contributed by atoms with E-state index in [0.717, 1.165) is 18.4 Å². The number of methoxy groups -OCH3 is 3. The molecule has 27 heavy (non-hydrogen) atoms. The zero-order valence-corrected chi connectivity index (χ0v) is 15.8. The molecule has 5 heteroatoms. The maximum Gasteiger partial charge on any atom is 0.323 e.